The lowest BCUT2D eigenvalue weighted by atomic mass is 10.1. The van der Waals surface area contributed by atoms with Crippen molar-refractivity contribution in [3.8, 4) is 0 Å². The van der Waals surface area contributed by atoms with E-state index in [4.69, 9.17) is 5.11 Å². The van der Waals surface area contributed by atoms with Crippen LogP contribution in [0.15, 0.2) is 24.3 Å². The number of hydrogen-bond donors (Lipinski definition) is 2. The van der Waals surface area contributed by atoms with Gasteiger partial charge in [-0.1, -0.05) is 12.1 Å². The maximum Gasteiger partial charge on any atom is 0.325 e. The second kappa shape index (κ2) is 7.08. The second-order valence-electron chi connectivity index (χ2n) is 4.43. The van der Waals surface area contributed by atoms with E-state index in [0.29, 0.717) is 12.1 Å². The van der Waals surface area contributed by atoms with Gasteiger partial charge in [-0.05, 0) is 51.3 Å². The number of carboxylic acid groups (broad SMARTS) is 1. The summed E-state index contributed by atoms with van der Waals surface area (Å²) in [4.78, 5) is 13.2. The molecule has 0 aliphatic heterocycles. The highest BCUT2D eigenvalue weighted by molar-refractivity contribution is 5.75. The predicted molar refractivity (Wildman–Crippen MR) is 68.0 cm³/mol. The van der Waals surface area contributed by atoms with E-state index in [9.17, 15) is 9.18 Å². The van der Waals surface area contributed by atoms with Crippen molar-refractivity contribution >= 4 is 5.97 Å². The third-order valence-corrected chi connectivity index (χ3v) is 2.58. The molecule has 18 heavy (non-hydrogen) atoms. The standard InChI is InChI=1S/C13H19FN2O2/c1-16(2)9-3-8-15-12(13(17)18)10-4-6-11(14)7-5-10/h4-7,12,15H,3,8-9H2,1-2H3,(H,17,18). The molecule has 4 nitrogen and oxygen atoms in total. The fourth-order valence-electron chi connectivity index (χ4n) is 1.64. The highest BCUT2D eigenvalue weighted by atomic mass is 19.1. The van der Waals surface area contributed by atoms with Gasteiger partial charge in [0.15, 0.2) is 0 Å². The molecule has 5 heteroatoms. The van der Waals surface area contributed by atoms with Crippen molar-refractivity contribution in [3.63, 3.8) is 0 Å². The van der Waals surface area contributed by atoms with Crippen molar-refractivity contribution in [2.45, 2.75) is 12.5 Å². The molecule has 1 rings (SSSR count). The molecule has 1 atom stereocenters. The van der Waals surface area contributed by atoms with Crippen molar-refractivity contribution in [1.29, 1.82) is 0 Å². The van der Waals surface area contributed by atoms with E-state index in [2.05, 4.69) is 5.32 Å². The molecule has 0 heterocycles. The lowest BCUT2D eigenvalue weighted by Crippen LogP contribution is -2.30. The van der Waals surface area contributed by atoms with E-state index >= 15 is 0 Å². The minimum absolute atomic E-state index is 0.365. The number of hydrogen-bond acceptors (Lipinski definition) is 3. The molecule has 2 N–H and O–H groups in total. The zero-order valence-electron chi connectivity index (χ0n) is 10.7. The largest absolute Gasteiger partial charge is 0.480 e. The Bertz CT molecular complexity index is 379. The molecule has 0 spiro atoms. The van der Waals surface area contributed by atoms with Crippen molar-refractivity contribution in [2.24, 2.45) is 0 Å². The molecule has 0 aliphatic carbocycles. The van der Waals surface area contributed by atoms with Crippen LogP contribution in [0.5, 0.6) is 0 Å². The summed E-state index contributed by atoms with van der Waals surface area (Å²) in [5.41, 5.74) is 0.564. The third-order valence-electron chi connectivity index (χ3n) is 2.58. The van der Waals surface area contributed by atoms with E-state index in [1.54, 1.807) is 0 Å². The zero-order chi connectivity index (χ0) is 13.5. The van der Waals surface area contributed by atoms with Gasteiger partial charge in [-0.3, -0.25) is 4.79 Å². The van der Waals surface area contributed by atoms with Crippen LogP contribution in [-0.4, -0.2) is 43.2 Å². The van der Waals surface area contributed by atoms with Gasteiger partial charge < -0.3 is 15.3 Å². The summed E-state index contributed by atoms with van der Waals surface area (Å²) in [5.74, 6) is -1.32. The molecule has 1 aromatic rings. The normalized spacial score (nSPS) is 12.7. The van der Waals surface area contributed by atoms with Crippen molar-refractivity contribution < 1.29 is 14.3 Å². The van der Waals surface area contributed by atoms with Crippen molar-refractivity contribution in [1.82, 2.24) is 10.2 Å². The minimum atomic E-state index is -0.952. The molecular formula is C13H19FN2O2. The minimum Gasteiger partial charge on any atom is -0.480 e. The summed E-state index contributed by atoms with van der Waals surface area (Å²) >= 11 is 0. The predicted octanol–water partition coefficient (Wildman–Crippen LogP) is 1.49. The number of carbonyl (C=O) groups is 1. The van der Waals surface area contributed by atoms with Gasteiger partial charge in [-0.15, -0.1) is 0 Å². The van der Waals surface area contributed by atoms with E-state index in [1.807, 2.05) is 19.0 Å². The second-order valence-corrected chi connectivity index (χ2v) is 4.43. The van der Waals surface area contributed by atoms with Gasteiger partial charge in [0.2, 0.25) is 0 Å². The number of halogens is 1. The van der Waals surface area contributed by atoms with Gasteiger partial charge in [-0.2, -0.15) is 0 Å². The zero-order valence-corrected chi connectivity index (χ0v) is 10.7. The molecule has 1 aromatic carbocycles. The van der Waals surface area contributed by atoms with Crippen LogP contribution >= 0.6 is 0 Å². The van der Waals surface area contributed by atoms with Crippen LogP contribution in [0.2, 0.25) is 0 Å². The Hall–Kier alpha value is -1.46. The fourth-order valence-corrected chi connectivity index (χ4v) is 1.64. The lowest BCUT2D eigenvalue weighted by Gasteiger charge is -2.16. The molecular weight excluding hydrogens is 235 g/mol. The number of nitrogens with zero attached hydrogens (tertiary/aromatic N) is 1. The molecule has 100 valence electrons. The van der Waals surface area contributed by atoms with E-state index in [0.717, 1.165) is 13.0 Å². The van der Waals surface area contributed by atoms with Gasteiger partial charge in [-0.25, -0.2) is 4.39 Å². The van der Waals surface area contributed by atoms with Gasteiger partial charge in [0.1, 0.15) is 11.9 Å². The molecule has 0 amide bonds. The maximum atomic E-state index is 12.8. The maximum absolute atomic E-state index is 12.8. The third kappa shape index (κ3) is 4.81. The van der Waals surface area contributed by atoms with Gasteiger partial charge in [0, 0.05) is 0 Å². The Balaban J connectivity index is 2.55. The highest BCUT2D eigenvalue weighted by Crippen LogP contribution is 2.13. The monoisotopic (exact) mass is 254 g/mol. The molecule has 0 saturated heterocycles. The Labute approximate surface area is 106 Å². The van der Waals surface area contributed by atoms with Crippen LogP contribution in [-0.2, 0) is 4.79 Å². The first-order valence-electron chi connectivity index (χ1n) is 5.87. The van der Waals surface area contributed by atoms with E-state index in [-0.39, 0.29) is 5.82 Å². The van der Waals surface area contributed by atoms with E-state index < -0.39 is 12.0 Å². The number of rotatable bonds is 7. The van der Waals surface area contributed by atoms with Crippen LogP contribution in [0.1, 0.15) is 18.0 Å². The quantitative estimate of drug-likeness (QED) is 0.724. The summed E-state index contributed by atoms with van der Waals surface area (Å²) in [6.45, 7) is 1.50. The highest BCUT2D eigenvalue weighted by Gasteiger charge is 2.18. The number of carboxylic acids is 1. The fraction of sp³-hybridized carbons (Fsp3) is 0.462. The van der Waals surface area contributed by atoms with Crippen LogP contribution in [0.3, 0.4) is 0 Å². The molecule has 0 aliphatic rings. The smallest absolute Gasteiger partial charge is 0.325 e. The molecule has 0 radical (unpaired) electrons. The number of aliphatic carboxylic acids is 1. The summed E-state index contributed by atoms with van der Waals surface area (Å²) < 4.78 is 12.8. The van der Waals surface area contributed by atoms with Crippen LogP contribution < -0.4 is 5.32 Å². The van der Waals surface area contributed by atoms with Crippen molar-refractivity contribution in [2.75, 3.05) is 27.2 Å². The lowest BCUT2D eigenvalue weighted by molar-refractivity contribution is -0.139. The Morgan fingerprint density at radius 1 is 1.39 bits per heavy atom. The molecule has 0 saturated carbocycles. The Morgan fingerprint density at radius 3 is 2.50 bits per heavy atom. The van der Waals surface area contributed by atoms with Crippen LogP contribution in [0.4, 0.5) is 4.39 Å². The summed E-state index contributed by atoms with van der Waals surface area (Å²) in [6, 6.07) is 4.74. The molecule has 1 unspecified atom stereocenters. The average molecular weight is 254 g/mol. The number of benzene rings is 1. The first-order valence-corrected chi connectivity index (χ1v) is 5.87. The SMILES string of the molecule is CN(C)CCCNC(C(=O)O)c1ccc(F)cc1. The number of nitrogens with one attached hydrogen (secondary N) is 1. The Kier molecular flexibility index (Phi) is 5.74. The van der Waals surface area contributed by atoms with Crippen LogP contribution in [0, 0.1) is 5.82 Å². The van der Waals surface area contributed by atoms with Crippen LogP contribution in [0.25, 0.3) is 0 Å². The summed E-state index contributed by atoms with van der Waals surface area (Å²) in [7, 11) is 3.93. The first-order chi connectivity index (χ1) is 8.50. The van der Waals surface area contributed by atoms with Crippen molar-refractivity contribution in [3.05, 3.63) is 35.6 Å². The van der Waals surface area contributed by atoms with E-state index in [1.165, 1.54) is 24.3 Å². The Morgan fingerprint density at radius 2 is 2.00 bits per heavy atom. The molecule has 0 bridgehead atoms. The molecule has 0 fully saturated rings. The van der Waals surface area contributed by atoms with Gasteiger partial charge in [0.25, 0.3) is 0 Å². The first kappa shape index (κ1) is 14.6. The average Bonchev–Trinajstić information content (AvgIpc) is 2.30. The van der Waals surface area contributed by atoms with Gasteiger partial charge in [0.05, 0.1) is 0 Å². The molecule has 0 aromatic heterocycles. The summed E-state index contributed by atoms with van der Waals surface area (Å²) in [6.07, 6.45) is 0.859. The van der Waals surface area contributed by atoms with Gasteiger partial charge >= 0.3 is 5.97 Å². The topological polar surface area (TPSA) is 52.6 Å². The summed E-state index contributed by atoms with van der Waals surface area (Å²) in [5, 5.41) is 12.1.